The second kappa shape index (κ2) is 5.70. The molecule has 0 unspecified atom stereocenters. The minimum atomic E-state index is -0.110. The first-order valence-electron chi connectivity index (χ1n) is 7.58. The van der Waals surface area contributed by atoms with Crippen molar-refractivity contribution in [3.05, 3.63) is 77.1 Å². The molecule has 118 valence electrons. The summed E-state index contributed by atoms with van der Waals surface area (Å²) in [5, 5.41) is 3.64. The van der Waals surface area contributed by atoms with Gasteiger partial charge in [-0.3, -0.25) is 9.89 Å². The first kappa shape index (κ1) is 14.3. The summed E-state index contributed by atoms with van der Waals surface area (Å²) in [6.07, 6.45) is 0. The van der Waals surface area contributed by atoms with Crippen LogP contribution in [0.15, 0.2) is 71.5 Å². The van der Waals surface area contributed by atoms with E-state index in [0.29, 0.717) is 11.0 Å². The van der Waals surface area contributed by atoms with Crippen molar-refractivity contribution in [2.75, 3.05) is 7.11 Å². The maximum atomic E-state index is 12.5. The third kappa shape index (κ3) is 2.36. The highest BCUT2D eigenvalue weighted by Crippen LogP contribution is 2.23. The van der Waals surface area contributed by atoms with Crippen molar-refractivity contribution < 1.29 is 4.74 Å². The van der Waals surface area contributed by atoms with Crippen molar-refractivity contribution in [3.63, 3.8) is 0 Å². The van der Waals surface area contributed by atoms with Gasteiger partial charge in [-0.2, -0.15) is 0 Å². The van der Waals surface area contributed by atoms with Crippen molar-refractivity contribution in [2.24, 2.45) is 0 Å². The number of nitrogens with zero attached hydrogens (tertiary/aromatic N) is 2. The minimum absolute atomic E-state index is 0.110. The number of benzene rings is 2. The topological polar surface area (TPSA) is 59.9 Å². The number of hydrogen-bond acceptors (Lipinski definition) is 3. The molecule has 0 atom stereocenters. The van der Waals surface area contributed by atoms with Crippen molar-refractivity contribution in [1.29, 1.82) is 0 Å². The Morgan fingerprint density at radius 2 is 1.83 bits per heavy atom. The molecule has 0 saturated carbocycles. The van der Waals surface area contributed by atoms with Crippen LogP contribution in [0.3, 0.4) is 0 Å². The van der Waals surface area contributed by atoms with Crippen LogP contribution in [0.2, 0.25) is 0 Å². The van der Waals surface area contributed by atoms with E-state index < -0.39 is 0 Å². The fourth-order valence-electron chi connectivity index (χ4n) is 2.70. The van der Waals surface area contributed by atoms with Crippen molar-refractivity contribution >= 4 is 11.0 Å². The highest BCUT2D eigenvalue weighted by Gasteiger charge is 2.11. The molecule has 5 nitrogen and oxygen atoms in total. The molecule has 2 aromatic heterocycles. The van der Waals surface area contributed by atoms with Gasteiger partial charge in [0.25, 0.3) is 5.56 Å². The van der Waals surface area contributed by atoms with Crippen molar-refractivity contribution in [3.8, 4) is 22.7 Å². The normalized spacial score (nSPS) is 10.9. The van der Waals surface area contributed by atoms with Gasteiger partial charge in [-0.15, -0.1) is 0 Å². The first-order valence-corrected chi connectivity index (χ1v) is 7.58. The van der Waals surface area contributed by atoms with E-state index in [1.807, 2.05) is 60.7 Å². The molecule has 5 heteroatoms. The second-order valence-electron chi connectivity index (χ2n) is 5.41. The lowest BCUT2D eigenvalue weighted by atomic mass is 10.1. The van der Waals surface area contributed by atoms with Crippen LogP contribution in [-0.4, -0.2) is 21.9 Å². The quantitative estimate of drug-likeness (QED) is 0.630. The van der Waals surface area contributed by atoms with Gasteiger partial charge in [0, 0.05) is 5.56 Å². The van der Waals surface area contributed by atoms with Gasteiger partial charge < -0.3 is 4.74 Å². The van der Waals surface area contributed by atoms with Gasteiger partial charge in [0.1, 0.15) is 5.75 Å². The molecule has 0 spiro atoms. The molecular formula is C19H15N3O2. The van der Waals surface area contributed by atoms with Gasteiger partial charge in [0.15, 0.2) is 5.65 Å². The molecule has 4 rings (SSSR count). The number of para-hydroxylation sites is 1. The molecule has 0 aliphatic heterocycles. The lowest BCUT2D eigenvalue weighted by Gasteiger charge is -2.03. The number of aromatic nitrogens is 3. The zero-order chi connectivity index (χ0) is 16.5. The Bertz CT molecular complexity index is 1060. The number of aromatic amines is 1. The fraction of sp³-hybridized carbons (Fsp3) is 0.0526. The number of H-pyrrole nitrogens is 1. The molecule has 1 N–H and O–H groups in total. The summed E-state index contributed by atoms with van der Waals surface area (Å²) < 4.78 is 6.76. The molecule has 0 radical (unpaired) electrons. The fourth-order valence-corrected chi connectivity index (χ4v) is 2.70. The van der Waals surface area contributed by atoms with E-state index in [0.717, 1.165) is 22.7 Å². The first-order chi connectivity index (χ1) is 11.8. The van der Waals surface area contributed by atoms with E-state index in [2.05, 4.69) is 10.1 Å². The third-order valence-corrected chi connectivity index (χ3v) is 3.93. The molecule has 2 heterocycles. The van der Waals surface area contributed by atoms with Gasteiger partial charge >= 0.3 is 0 Å². The summed E-state index contributed by atoms with van der Waals surface area (Å²) in [7, 11) is 1.63. The van der Waals surface area contributed by atoms with Gasteiger partial charge in [0.2, 0.25) is 0 Å². The Labute approximate surface area is 138 Å². The molecule has 0 saturated heterocycles. The SMILES string of the molecule is COc1cccc(-c2ccc3c(=O)n(-c4ccccc4)[nH]c3n2)c1. The monoisotopic (exact) mass is 317 g/mol. The van der Waals surface area contributed by atoms with Gasteiger partial charge in [-0.25, -0.2) is 9.67 Å². The van der Waals surface area contributed by atoms with E-state index in [4.69, 9.17) is 4.74 Å². The molecule has 0 aliphatic rings. The Morgan fingerprint density at radius 1 is 1.00 bits per heavy atom. The minimum Gasteiger partial charge on any atom is -0.497 e. The molecule has 0 amide bonds. The van der Waals surface area contributed by atoms with Crippen molar-refractivity contribution in [1.82, 2.24) is 14.8 Å². The predicted molar refractivity (Wildman–Crippen MR) is 93.7 cm³/mol. The maximum absolute atomic E-state index is 12.5. The lowest BCUT2D eigenvalue weighted by molar-refractivity contribution is 0.415. The molecule has 24 heavy (non-hydrogen) atoms. The number of ether oxygens (including phenoxy) is 1. The Balaban J connectivity index is 1.86. The van der Waals surface area contributed by atoms with Gasteiger partial charge in [0.05, 0.1) is 23.9 Å². The molecule has 0 aliphatic carbocycles. The van der Waals surface area contributed by atoms with E-state index in [1.165, 1.54) is 4.68 Å². The Hall–Kier alpha value is -3.34. The van der Waals surface area contributed by atoms with Crippen LogP contribution in [-0.2, 0) is 0 Å². The van der Waals surface area contributed by atoms with Crippen LogP contribution in [0, 0.1) is 0 Å². The average molecular weight is 317 g/mol. The summed E-state index contributed by atoms with van der Waals surface area (Å²) in [5.74, 6) is 0.768. The zero-order valence-corrected chi connectivity index (χ0v) is 13.1. The summed E-state index contributed by atoms with van der Waals surface area (Å²) >= 11 is 0. The van der Waals surface area contributed by atoms with E-state index in [-0.39, 0.29) is 5.56 Å². The maximum Gasteiger partial charge on any atom is 0.280 e. The lowest BCUT2D eigenvalue weighted by Crippen LogP contribution is -2.13. The summed E-state index contributed by atoms with van der Waals surface area (Å²) in [4.78, 5) is 17.1. The van der Waals surface area contributed by atoms with Gasteiger partial charge in [-0.1, -0.05) is 30.3 Å². The number of nitrogens with one attached hydrogen (secondary N) is 1. The number of fused-ring (bicyclic) bond motifs is 1. The van der Waals surface area contributed by atoms with Gasteiger partial charge in [-0.05, 0) is 36.4 Å². The third-order valence-electron chi connectivity index (χ3n) is 3.93. The zero-order valence-electron chi connectivity index (χ0n) is 13.1. The molecule has 0 bridgehead atoms. The van der Waals surface area contributed by atoms with Crippen LogP contribution in [0.5, 0.6) is 5.75 Å². The largest absolute Gasteiger partial charge is 0.497 e. The van der Waals surface area contributed by atoms with Crippen LogP contribution in [0.25, 0.3) is 28.0 Å². The van der Waals surface area contributed by atoms with E-state index >= 15 is 0 Å². The molecule has 2 aromatic carbocycles. The Kier molecular flexibility index (Phi) is 3.39. The highest BCUT2D eigenvalue weighted by molar-refractivity contribution is 5.78. The molecular weight excluding hydrogens is 302 g/mol. The number of methoxy groups -OCH3 is 1. The molecule has 0 fully saturated rings. The Morgan fingerprint density at radius 3 is 2.62 bits per heavy atom. The summed E-state index contributed by atoms with van der Waals surface area (Å²) in [6.45, 7) is 0. The van der Waals surface area contributed by atoms with Crippen molar-refractivity contribution in [2.45, 2.75) is 0 Å². The predicted octanol–water partition coefficient (Wildman–Crippen LogP) is 3.39. The smallest absolute Gasteiger partial charge is 0.280 e. The number of hydrogen-bond donors (Lipinski definition) is 1. The summed E-state index contributed by atoms with van der Waals surface area (Å²) in [5.41, 5.74) is 2.95. The van der Waals surface area contributed by atoms with E-state index in [1.54, 1.807) is 13.2 Å². The van der Waals surface area contributed by atoms with Crippen LogP contribution in [0.4, 0.5) is 0 Å². The average Bonchev–Trinajstić information content (AvgIpc) is 2.98. The van der Waals surface area contributed by atoms with Crippen LogP contribution in [0.1, 0.15) is 0 Å². The number of rotatable bonds is 3. The molecule has 4 aromatic rings. The highest BCUT2D eigenvalue weighted by atomic mass is 16.5. The van der Waals surface area contributed by atoms with E-state index in [9.17, 15) is 4.79 Å². The van der Waals surface area contributed by atoms with Crippen LogP contribution >= 0.6 is 0 Å². The summed E-state index contributed by atoms with van der Waals surface area (Å²) in [6, 6.07) is 20.8. The standard InChI is InChI=1S/C19H15N3O2/c1-24-15-9-5-6-13(12-15)17-11-10-16-18(20-17)21-22(19(16)23)14-7-3-2-4-8-14/h2-12H,1H3,(H,20,21). The number of pyridine rings is 1. The van der Waals surface area contributed by atoms with Crippen LogP contribution < -0.4 is 10.3 Å². The second-order valence-corrected chi connectivity index (χ2v) is 5.41.